The van der Waals surface area contributed by atoms with Crippen LogP contribution in [0.3, 0.4) is 0 Å². The zero-order valence-electron chi connectivity index (χ0n) is 14.2. The number of carboxylic acid groups (broad SMARTS) is 1. The van der Waals surface area contributed by atoms with E-state index in [1.807, 2.05) is 20.8 Å². The van der Waals surface area contributed by atoms with Crippen LogP contribution >= 0.6 is 0 Å². The molecule has 1 unspecified atom stereocenters. The van der Waals surface area contributed by atoms with E-state index in [0.717, 1.165) is 25.3 Å². The molecule has 0 radical (unpaired) electrons. The first-order valence-corrected chi connectivity index (χ1v) is 8.22. The molecule has 0 heterocycles. The summed E-state index contributed by atoms with van der Waals surface area (Å²) < 4.78 is 5.50. The molecule has 1 N–H and O–H groups in total. The Kier molecular flexibility index (Phi) is 8.33. The zero-order valence-corrected chi connectivity index (χ0v) is 14.2. The second-order valence-electron chi connectivity index (χ2n) is 5.52. The number of carboxylic acids is 1. The topological polar surface area (TPSA) is 66.8 Å². The molecule has 1 aromatic carbocycles. The highest BCUT2D eigenvalue weighted by Gasteiger charge is 2.24. The summed E-state index contributed by atoms with van der Waals surface area (Å²) in [6, 6.07) is 6.95. The molecule has 1 atom stereocenters. The summed E-state index contributed by atoms with van der Waals surface area (Å²) >= 11 is 0. The predicted octanol–water partition coefficient (Wildman–Crippen LogP) is 3.09. The summed E-state index contributed by atoms with van der Waals surface area (Å²) in [7, 11) is 0. The third-order valence-corrected chi connectivity index (χ3v) is 3.78. The molecule has 1 aromatic rings. The average molecular weight is 321 g/mol. The number of hydrogen-bond acceptors (Lipinski definition) is 4. The van der Waals surface area contributed by atoms with Crippen molar-refractivity contribution in [2.24, 2.45) is 5.92 Å². The lowest BCUT2D eigenvalue weighted by Gasteiger charge is -2.23. The molecule has 0 aliphatic carbocycles. The molecule has 23 heavy (non-hydrogen) atoms. The minimum Gasteiger partial charge on any atom is -0.494 e. The van der Waals surface area contributed by atoms with Gasteiger partial charge in [0.2, 0.25) is 0 Å². The van der Waals surface area contributed by atoms with Crippen molar-refractivity contribution >= 4 is 11.8 Å². The van der Waals surface area contributed by atoms with Gasteiger partial charge in [0.25, 0.3) is 0 Å². The van der Waals surface area contributed by atoms with Crippen molar-refractivity contribution in [3.05, 3.63) is 29.8 Å². The van der Waals surface area contributed by atoms with E-state index in [-0.39, 0.29) is 12.2 Å². The Bertz CT molecular complexity index is 494. The Labute approximate surface area is 138 Å². The standard InChI is InChI=1S/C18H27NO4/c1-4-11-23-16-9-7-14(8-10-16)18(22)15(12-17(20)21)13-19(5-2)6-3/h7-10,15H,4-6,11-13H2,1-3H3,(H,20,21). The first-order chi connectivity index (χ1) is 11.0. The second-order valence-corrected chi connectivity index (χ2v) is 5.52. The minimum atomic E-state index is -0.946. The van der Waals surface area contributed by atoms with Crippen molar-refractivity contribution in [3.63, 3.8) is 0 Å². The van der Waals surface area contributed by atoms with Gasteiger partial charge in [-0.2, -0.15) is 0 Å². The number of benzene rings is 1. The zero-order chi connectivity index (χ0) is 17.2. The third kappa shape index (κ3) is 6.40. The maximum atomic E-state index is 12.6. The molecule has 5 heteroatoms. The number of carbonyl (C=O) groups excluding carboxylic acids is 1. The number of aliphatic carboxylic acids is 1. The summed E-state index contributed by atoms with van der Waals surface area (Å²) in [5.74, 6) is -0.878. The van der Waals surface area contributed by atoms with Gasteiger partial charge in [-0.3, -0.25) is 9.59 Å². The lowest BCUT2D eigenvalue weighted by molar-refractivity contribution is -0.137. The molecular formula is C18H27NO4. The average Bonchev–Trinajstić information content (AvgIpc) is 2.56. The second kappa shape index (κ2) is 10.0. The molecule has 0 aliphatic heterocycles. The summed E-state index contributed by atoms with van der Waals surface area (Å²) in [5, 5.41) is 9.09. The molecule has 0 aliphatic rings. The normalized spacial score (nSPS) is 12.2. The third-order valence-electron chi connectivity index (χ3n) is 3.78. The number of carbonyl (C=O) groups is 2. The van der Waals surface area contributed by atoms with Crippen LogP contribution in [-0.2, 0) is 4.79 Å². The molecule has 0 bridgehead atoms. The quantitative estimate of drug-likeness (QED) is 0.634. The largest absolute Gasteiger partial charge is 0.494 e. The van der Waals surface area contributed by atoms with E-state index in [1.54, 1.807) is 24.3 Å². The summed E-state index contributed by atoms with van der Waals surface area (Å²) in [5.41, 5.74) is 0.534. The fourth-order valence-corrected chi connectivity index (χ4v) is 2.42. The molecule has 0 amide bonds. The fraction of sp³-hybridized carbons (Fsp3) is 0.556. The van der Waals surface area contributed by atoms with Crippen LogP contribution < -0.4 is 4.74 Å². The maximum Gasteiger partial charge on any atom is 0.304 e. The van der Waals surface area contributed by atoms with Gasteiger partial charge in [0.05, 0.1) is 13.0 Å². The van der Waals surface area contributed by atoms with Crippen LogP contribution in [0.5, 0.6) is 5.75 Å². The maximum absolute atomic E-state index is 12.6. The Hall–Kier alpha value is -1.88. The van der Waals surface area contributed by atoms with Gasteiger partial charge in [0, 0.05) is 18.0 Å². The van der Waals surface area contributed by atoms with Crippen LogP contribution in [0.4, 0.5) is 0 Å². The van der Waals surface area contributed by atoms with E-state index in [1.165, 1.54) is 0 Å². The lowest BCUT2D eigenvalue weighted by atomic mass is 9.94. The van der Waals surface area contributed by atoms with E-state index in [4.69, 9.17) is 9.84 Å². The van der Waals surface area contributed by atoms with E-state index in [0.29, 0.717) is 18.7 Å². The highest BCUT2D eigenvalue weighted by Crippen LogP contribution is 2.18. The molecule has 128 valence electrons. The number of nitrogens with zero attached hydrogens (tertiary/aromatic N) is 1. The van der Waals surface area contributed by atoms with Crippen molar-refractivity contribution < 1.29 is 19.4 Å². The smallest absolute Gasteiger partial charge is 0.304 e. The van der Waals surface area contributed by atoms with Gasteiger partial charge in [-0.1, -0.05) is 20.8 Å². The van der Waals surface area contributed by atoms with E-state index in [9.17, 15) is 9.59 Å². The molecule has 0 spiro atoms. The molecule has 0 saturated heterocycles. The van der Waals surface area contributed by atoms with Crippen LogP contribution in [-0.4, -0.2) is 48.0 Å². The first-order valence-electron chi connectivity index (χ1n) is 8.22. The van der Waals surface area contributed by atoms with Crippen molar-refractivity contribution in [2.75, 3.05) is 26.2 Å². The summed E-state index contributed by atoms with van der Waals surface area (Å²) in [4.78, 5) is 25.8. The van der Waals surface area contributed by atoms with Crippen LogP contribution in [0, 0.1) is 5.92 Å². The molecule has 5 nitrogen and oxygen atoms in total. The lowest BCUT2D eigenvalue weighted by Crippen LogP contribution is -2.34. The highest BCUT2D eigenvalue weighted by atomic mass is 16.5. The molecule has 1 rings (SSSR count). The number of ketones is 1. The van der Waals surface area contributed by atoms with E-state index < -0.39 is 11.9 Å². The van der Waals surface area contributed by atoms with Crippen molar-refractivity contribution in [1.82, 2.24) is 4.90 Å². The summed E-state index contributed by atoms with van der Waals surface area (Å²) in [6.07, 6.45) is 0.772. The highest BCUT2D eigenvalue weighted by molar-refractivity contribution is 5.99. The molecular weight excluding hydrogens is 294 g/mol. The Morgan fingerprint density at radius 3 is 2.22 bits per heavy atom. The number of ether oxygens (including phenoxy) is 1. The van der Waals surface area contributed by atoms with Crippen molar-refractivity contribution in [1.29, 1.82) is 0 Å². The molecule has 0 aromatic heterocycles. The van der Waals surface area contributed by atoms with Crippen molar-refractivity contribution in [3.8, 4) is 5.75 Å². The predicted molar refractivity (Wildman–Crippen MR) is 90.1 cm³/mol. The minimum absolute atomic E-state index is 0.124. The Balaban J connectivity index is 2.84. The van der Waals surface area contributed by atoms with Gasteiger partial charge < -0.3 is 14.7 Å². The Morgan fingerprint density at radius 2 is 1.74 bits per heavy atom. The Morgan fingerprint density at radius 1 is 1.13 bits per heavy atom. The molecule has 0 saturated carbocycles. The first kappa shape index (κ1) is 19.2. The van der Waals surface area contributed by atoms with E-state index >= 15 is 0 Å². The van der Waals surface area contributed by atoms with Crippen molar-refractivity contribution in [2.45, 2.75) is 33.6 Å². The van der Waals surface area contributed by atoms with Gasteiger partial charge in [-0.25, -0.2) is 0 Å². The fourth-order valence-electron chi connectivity index (χ4n) is 2.42. The number of hydrogen-bond donors (Lipinski definition) is 1. The van der Waals surface area contributed by atoms with Crippen LogP contribution in [0.25, 0.3) is 0 Å². The SMILES string of the molecule is CCCOc1ccc(C(=O)C(CC(=O)O)CN(CC)CC)cc1. The van der Waals surface area contributed by atoms with Gasteiger partial charge >= 0.3 is 5.97 Å². The molecule has 0 fully saturated rings. The monoisotopic (exact) mass is 321 g/mol. The van der Waals surface area contributed by atoms with E-state index in [2.05, 4.69) is 4.90 Å². The van der Waals surface area contributed by atoms with Crippen LogP contribution in [0.2, 0.25) is 0 Å². The van der Waals surface area contributed by atoms with Gasteiger partial charge in [-0.05, 0) is 43.8 Å². The van der Waals surface area contributed by atoms with Gasteiger partial charge in [-0.15, -0.1) is 0 Å². The van der Waals surface area contributed by atoms with Crippen LogP contribution in [0.1, 0.15) is 44.0 Å². The number of Topliss-reactive ketones (excluding diaryl/α,β-unsaturated/α-hetero) is 1. The van der Waals surface area contributed by atoms with Gasteiger partial charge in [0.15, 0.2) is 5.78 Å². The summed E-state index contributed by atoms with van der Waals surface area (Å²) in [6.45, 7) is 8.73. The van der Waals surface area contributed by atoms with Crippen LogP contribution in [0.15, 0.2) is 24.3 Å². The number of rotatable bonds is 11. The van der Waals surface area contributed by atoms with Gasteiger partial charge in [0.1, 0.15) is 5.75 Å².